The molecule has 1 aliphatic rings. The van der Waals surface area contributed by atoms with Crippen LogP contribution in [0.25, 0.3) is 11.2 Å². The molecule has 0 N–H and O–H groups in total. The van der Waals surface area contributed by atoms with E-state index in [1.54, 1.807) is 25.0 Å². The summed E-state index contributed by atoms with van der Waals surface area (Å²) in [5.41, 5.74) is 2.20. The third-order valence-corrected chi connectivity index (χ3v) is 4.84. The first-order valence-corrected chi connectivity index (χ1v) is 8.73. The van der Waals surface area contributed by atoms with Crippen molar-refractivity contribution in [1.29, 1.82) is 0 Å². The van der Waals surface area contributed by atoms with Crippen LogP contribution < -0.4 is 0 Å². The van der Waals surface area contributed by atoms with Crippen LogP contribution in [0.15, 0.2) is 37.3 Å². The Morgan fingerprint density at radius 1 is 1.32 bits per heavy atom. The Labute approximate surface area is 146 Å². The van der Waals surface area contributed by atoms with Crippen LogP contribution in [0.1, 0.15) is 43.1 Å². The van der Waals surface area contributed by atoms with Gasteiger partial charge in [-0.2, -0.15) is 0 Å². The highest BCUT2D eigenvalue weighted by molar-refractivity contribution is 5.96. The van der Waals surface area contributed by atoms with Gasteiger partial charge in [-0.25, -0.2) is 15.0 Å². The van der Waals surface area contributed by atoms with E-state index in [1.165, 1.54) is 0 Å². The number of nitrogens with zero attached hydrogens (tertiary/aromatic N) is 6. The average molecular weight is 338 g/mol. The van der Waals surface area contributed by atoms with Crippen LogP contribution in [-0.4, -0.2) is 47.5 Å². The van der Waals surface area contributed by atoms with E-state index in [0.29, 0.717) is 5.56 Å². The minimum atomic E-state index is 0.0381. The second kappa shape index (κ2) is 6.31. The van der Waals surface area contributed by atoms with E-state index < -0.39 is 0 Å². The molecule has 4 rings (SSSR count). The quantitative estimate of drug-likeness (QED) is 0.733. The van der Waals surface area contributed by atoms with E-state index in [2.05, 4.69) is 28.8 Å². The molecular weight excluding hydrogens is 316 g/mol. The van der Waals surface area contributed by atoms with Gasteiger partial charge in [0.05, 0.1) is 18.2 Å². The number of amides is 1. The summed E-state index contributed by atoms with van der Waals surface area (Å²) in [6.45, 7) is 5.75. The summed E-state index contributed by atoms with van der Waals surface area (Å²) in [6, 6.07) is 2.35. The van der Waals surface area contributed by atoms with Crippen molar-refractivity contribution in [2.24, 2.45) is 0 Å². The van der Waals surface area contributed by atoms with Gasteiger partial charge in [0, 0.05) is 43.8 Å². The Bertz CT molecular complexity index is 882. The van der Waals surface area contributed by atoms with Crippen LogP contribution in [-0.2, 0) is 6.54 Å². The number of carbonyl (C=O) groups excluding carboxylic acids is 1. The highest BCUT2D eigenvalue weighted by atomic mass is 16.2. The topological polar surface area (TPSA) is 68.8 Å². The largest absolute Gasteiger partial charge is 0.335 e. The number of carbonyl (C=O) groups is 1. The van der Waals surface area contributed by atoms with E-state index in [-0.39, 0.29) is 18.0 Å². The monoisotopic (exact) mass is 338 g/mol. The first-order chi connectivity index (χ1) is 12.1. The van der Waals surface area contributed by atoms with Gasteiger partial charge in [-0.05, 0) is 32.8 Å². The fourth-order valence-electron chi connectivity index (χ4n) is 3.51. The Morgan fingerprint density at radius 2 is 2.20 bits per heavy atom. The first kappa shape index (κ1) is 15.8. The molecule has 1 amide bonds. The van der Waals surface area contributed by atoms with Gasteiger partial charge in [-0.3, -0.25) is 4.79 Å². The van der Waals surface area contributed by atoms with Gasteiger partial charge < -0.3 is 14.0 Å². The molecule has 0 radical (unpaired) electrons. The maximum absolute atomic E-state index is 13.0. The number of rotatable bonds is 4. The molecule has 0 aromatic carbocycles. The predicted molar refractivity (Wildman–Crippen MR) is 94.2 cm³/mol. The van der Waals surface area contributed by atoms with E-state index in [9.17, 15) is 4.79 Å². The lowest BCUT2D eigenvalue weighted by Crippen LogP contribution is -2.38. The second-order valence-corrected chi connectivity index (χ2v) is 6.87. The van der Waals surface area contributed by atoms with Gasteiger partial charge in [0.15, 0.2) is 5.65 Å². The van der Waals surface area contributed by atoms with Crippen molar-refractivity contribution in [3.05, 3.63) is 42.9 Å². The SMILES string of the molecule is CC(C)n1cnc2cc(C(=O)N3CCCC3Cn3ccnc3)cnc21. The van der Waals surface area contributed by atoms with Crippen LogP contribution in [0.2, 0.25) is 0 Å². The van der Waals surface area contributed by atoms with Crippen LogP contribution >= 0.6 is 0 Å². The number of imidazole rings is 2. The summed E-state index contributed by atoms with van der Waals surface area (Å²) in [5.74, 6) is 0.0381. The second-order valence-electron chi connectivity index (χ2n) is 6.87. The lowest BCUT2D eigenvalue weighted by molar-refractivity contribution is 0.0724. The molecule has 4 heterocycles. The normalized spacial score (nSPS) is 17.7. The molecule has 0 bridgehead atoms. The van der Waals surface area contributed by atoms with Crippen molar-refractivity contribution >= 4 is 17.1 Å². The zero-order chi connectivity index (χ0) is 17.4. The number of hydrogen-bond donors (Lipinski definition) is 0. The maximum Gasteiger partial charge on any atom is 0.255 e. The number of pyridine rings is 1. The summed E-state index contributed by atoms with van der Waals surface area (Å²) in [7, 11) is 0. The zero-order valence-electron chi connectivity index (χ0n) is 14.5. The van der Waals surface area contributed by atoms with Gasteiger partial charge in [-0.1, -0.05) is 0 Å². The molecule has 0 spiro atoms. The van der Waals surface area contributed by atoms with Crippen LogP contribution in [0.4, 0.5) is 0 Å². The number of hydrogen-bond acceptors (Lipinski definition) is 4. The Hall–Kier alpha value is -2.70. The minimum absolute atomic E-state index is 0.0381. The van der Waals surface area contributed by atoms with Crippen LogP contribution in [0.5, 0.6) is 0 Å². The van der Waals surface area contributed by atoms with Crippen molar-refractivity contribution in [2.45, 2.75) is 45.3 Å². The molecule has 25 heavy (non-hydrogen) atoms. The highest BCUT2D eigenvalue weighted by Gasteiger charge is 2.30. The van der Waals surface area contributed by atoms with Crippen molar-refractivity contribution < 1.29 is 4.79 Å². The molecule has 1 unspecified atom stereocenters. The predicted octanol–water partition coefficient (Wildman–Crippen LogP) is 2.51. The summed E-state index contributed by atoms with van der Waals surface area (Å²) in [5, 5.41) is 0. The van der Waals surface area contributed by atoms with E-state index in [1.807, 2.05) is 26.3 Å². The molecular formula is C18H22N6O. The molecule has 7 nitrogen and oxygen atoms in total. The van der Waals surface area contributed by atoms with E-state index in [0.717, 1.165) is 37.1 Å². The Balaban J connectivity index is 1.58. The van der Waals surface area contributed by atoms with Crippen molar-refractivity contribution in [2.75, 3.05) is 6.54 Å². The molecule has 3 aromatic rings. The molecule has 0 saturated carbocycles. The van der Waals surface area contributed by atoms with E-state index in [4.69, 9.17) is 0 Å². The van der Waals surface area contributed by atoms with Crippen LogP contribution in [0.3, 0.4) is 0 Å². The van der Waals surface area contributed by atoms with Crippen LogP contribution in [0, 0.1) is 0 Å². The number of fused-ring (bicyclic) bond motifs is 1. The molecule has 0 aliphatic carbocycles. The van der Waals surface area contributed by atoms with Crippen molar-refractivity contribution in [3.8, 4) is 0 Å². The molecule has 130 valence electrons. The molecule has 1 atom stereocenters. The summed E-state index contributed by atoms with van der Waals surface area (Å²) in [6.07, 6.45) is 11.0. The van der Waals surface area contributed by atoms with Gasteiger partial charge >= 0.3 is 0 Å². The summed E-state index contributed by atoms with van der Waals surface area (Å²) in [4.78, 5) is 27.9. The first-order valence-electron chi connectivity index (χ1n) is 8.73. The van der Waals surface area contributed by atoms with Crippen molar-refractivity contribution in [1.82, 2.24) is 29.0 Å². The smallest absolute Gasteiger partial charge is 0.255 e. The van der Waals surface area contributed by atoms with Gasteiger partial charge in [-0.15, -0.1) is 0 Å². The number of likely N-dealkylation sites (tertiary alicyclic amines) is 1. The van der Waals surface area contributed by atoms with Gasteiger partial charge in [0.1, 0.15) is 5.52 Å². The highest BCUT2D eigenvalue weighted by Crippen LogP contribution is 2.23. The molecule has 7 heteroatoms. The minimum Gasteiger partial charge on any atom is -0.335 e. The fourth-order valence-corrected chi connectivity index (χ4v) is 3.51. The Kier molecular flexibility index (Phi) is 3.99. The lowest BCUT2D eigenvalue weighted by Gasteiger charge is -2.25. The molecule has 1 aliphatic heterocycles. The van der Waals surface area contributed by atoms with Gasteiger partial charge in [0.25, 0.3) is 5.91 Å². The Morgan fingerprint density at radius 3 is 2.96 bits per heavy atom. The van der Waals surface area contributed by atoms with Crippen molar-refractivity contribution in [3.63, 3.8) is 0 Å². The zero-order valence-corrected chi connectivity index (χ0v) is 14.5. The lowest BCUT2D eigenvalue weighted by atomic mass is 10.2. The molecule has 1 saturated heterocycles. The average Bonchev–Trinajstić information content (AvgIpc) is 3.34. The number of aromatic nitrogens is 5. The standard InChI is InChI=1S/C18H22N6O/c1-13(2)24-12-21-16-8-14(9-20-17(16)24)18(25)23-6-3-4-15(23)10-22-7-5-19-11-22/h5,7-9,11-13,15H,3-4,6,10H2,1-2H3. The van der Waals surface area contributed by atoms with Gasteiger partial charge in [0.2, 0.25) is 0 Å². The van der Waals surface area contributed by atoms with E-state index >= 15 is 0 Å². The summed E-state index contributed by atoms with van der Waals surface area (Å²) < 4.78 is 4.04. The third kappa shape index (κ3) is 2.90. The maximum atomic E-state index is 13.0. The third-order valence-electron chi connectivity index (χ3n) is 4.84. The molecule has 3 aromatic heterocycles. The summed E-state index contributed by atoms with van der Waals surface area (Å²) >= 11 is 0. The molecule has 1 fully saturated rings. The fraction of sp³-hybridized carbons (Fsp3) is 0.444.